The third-order valence-electron chi connectivity index (χ3n) is 4.94. The van der Waals surface area contributed by atoms with Crippen molar-refractivity contribution in [3.8, 4) is 0 Å². The van der Waals surface area contributed by atoms with Crippen LogP contribution < -0.4 is 5.73 Å². The second-order valence-electron chi connectivity index (χ2n) is 5.88. The molecule has 1 fully saturated rings. The summed E-state index contributed by atoms with van der Waals surface area (Å²) in [5.74, 6) is -0.0807. The second kappa shape index (κ2) is 6.65. The molecule has 1 saturated carbocycles. The van der Waals surface area contributed by atoms with Gasteiger partial charge in [0.05, 0.1) is 16.1 Å². The maximum Gasteiger partial charge on any atom is 0.0676 e. The maximum absolute atomic E-state index is 10.9. The lowest BCUT2D eigenvalue weighted by Crippen LogP contribution is -2.40. The Balaban J connectivity index is 2.28. The minimum Gasteiger partial charge on any atom is -0.392 e. The summed E-state index contributed by atoms with van der Waals surface area (Å²) in [6.45, 7) is 2.58. The number of benzene rings is 1. The van der Waals surface area contributed by atoms with E-state index in [0.717, 1.165) is 24.8 Å². The van der Waals surface area contributed by atoms with Crippen molar-refractivity contribution in [1.82, 2.24) is 0 Å². The van der Waals surface area contributed by atoms with E-state index in [4.69, 9.17) is 28.9 Å². The van der Waals surface area contributed by atoms with E-state index in [1.54, 1.807) is 6.07 Å². The Morgan fingerprint density at radius 1 is 1.25 bits per heavy atom. The highest BCUT2D eigenvalue weighted by molar-refractivity contribution is 6.42. The van der Waals surface area contributed by atoms with E-state index in [0.29, 0.717) is 16.6 Å². The van der Waals surface area contributed by atoms with Gasteiger partial charge in [0, 0.05) is 12.5 Å². The summed E-state index contributed by atoms with van der Waals surface area (Å²) in [5, 5.41) is 12.0. The molecule has 2 unspecified atom stereocenters. The molecule has 1 aromatic carbocycles. The number of aliphatic hydroxyl groups is 1. The van der Waals surface area contributed by atoms with Crippen molar-refractivity contribution in [2.24, 2.45) is 11.1 Å². The largest absolute Gasteiger partial charge is 0.392 e. The van der Waals surface area contributed by atoms with Crippen LogP contribution in [0.1, 0.15) is 50.5 Å². The van der Waals surface area contributed by atoms with Gasteiger partial charge in [-0.2, -0.15) is 0 Å². The number of hydrogen-bond acceptors (Lipinski definition) is 2. The number of rotatable bonds is 5. The smallest absolute Gasteiger partial charge is 0.0676 e. The zero-order valence-corrected chi connectivity index (χ0v) is 13.4. The first-order valence-corrected chi connectivity index (χ1v) is 8.13. The Morgan fingerprint density at radius 2 is 1.90 bits per heavy atom. The molecule has 0 bridgehead atoms. The summed E-state index contributed by atoms with van der Waals surface area (Å²) in [6, 6.07) is 5.54. The Bertz CT molecular complexity index is 458. The van der Waals surface area contributed by atoms with Gasteiger partial charge in [-0.05, 0) is 42.4 Å². The molecule has 1 aliphatic rings. The molecule has 1 aliphatic carbocycles. The average molecular weight is 316 g/mol. The van der Waals surface area contributed by atoms with Gasteiger partial charge >= 0.3 is 0 Å². The van der Waals surface area contributed by atoms with Gasteiger partial charge in [0.15, 0.2) is 0 Å². The van der Waals surface area contributed by atoms with Crippen LogP contribution in [0.15, 0.2) is 18.2 Å². The van der Waals surface area contributed by atoms with Crippen molar-refractivity contribution in [1.29, 1.82) is 0 Å². The summed E-state index contributed by atoms with van der Waals surface area (Å²) < 4.78 is 0. The average Bonchev–Trinajstić information content (AvgIpc) is 2.93. The van der Waals surface area contributed by atoms with Gasteiger partial charge in [0.25, 0.3) is 0 Å². The summed E-state index contributed by atoms with van der Waals surface area (Å²) >= 11 is 12.1. The molecule has 0 aliphatic heterocycles. The fourth-order valence-electron chi connectivity index (χ4n) is 3.55. The molecule has 0 aromatic heterocycles. The van der Waals surface area contributed by atoms with Gasteiger partial charge in [0.1, 0.15) is 0 Å². The molecule has 0 radical (unpaired) electrons. The predicted molar refractivity (Wildman–Crippen MR) is 85.5 cm³/mol. The maximum atomic E-state index is 10.9. The van der Waals surface area contributed by atoms with E-state index < -0.39 is 6.10 Å². The fraction of sp³-hybridized carbons (Fsp3) is 0.625. The summed E-state index contributed by atoms with van der Waals surface area (Å²) in [4.78, 5) is 0. The molecule has 2 nitrogen and oxygen atoms in total. The Kier molecular flexibility index (Phi) is 5.36. The topological polar surface area (TPSA) is 46.2 Å². The van der Waals surface area contributed by atoms with Crippen LogP contribution >= 0.6 is 23.2 Å². The van der Waals surface area contributed by atoms with E-state index in [1.807, 2.05) is 12.1 Å². The molecule has 112 valence electrons. The molecule has 4 heteroatoms. The third kappa shape index (κ3) is 2.99. The van der Waals surface area contributed by atoms with Gasteiger partial charge in [-0.15, -0.1) is 0 Å². The SMILES string of the molecule is CCC1(C(O)C(CN)c2ccc(Cl)c(Cl)c2)CCCC1. The van der Waals surface area contributed by atoms with Gasteiger partial charge in [0.2, 0.25) is 0 Å². The van der Waals surface area contributed by atoms with Crippen LogP contribution in [0.5, 0.6) is 0 Å². The van der Waals surface area contributed by atoms with Crippen molar-refractivity contribution >= 4 is 23.2 Å². The molecule has 0 spiro atoms. The molecular formula is C16H23Cl2NO. The first-order valence-electron chi connectivity index (χ1n) is 7.37. The minimum absolute atomic E-state index is 0.0101. The van der Waals surface area contributed by atoms with Crippen molar-refractivity contribution in [2.45, 2.75) is 51.0 Å². The summed E-state index contributed by atoms with van der Waals surface area (Å²) in [7, 11) is 0. The number of hydrogen-bond donors (Lipinski definition) is 2. The quantitative estimate of drug-likeness (QED) is 0.847. The first kappa shape index (κ1) is 16.1. The third-order valence-corrected chi connectivity index (χ3v) is 5.68. The zero-order valence-electron chi connectivity index (χ0n) is 11.9. The van der Waals surface area contributed by atoms with Crippen LogP contribution in [0.25, 0.3) is 0 Å². The summed E-state index contributed by atoms with van der Waals surface area (Å²) in [6.07, 6.45) is 5.14. The molecule has 3 N–H and O–H groups in total. The van der Waals surface area contributed by atoms with Crippen molar-refractivity contribution in [3.63, 3.8) is 0 Å². The first-order chi connectivity index (χ1) is 9.54. The molecular weight excluding hydrogens is 293 g/mol. The highest BCUT2D eigenvalue weighted by atomic mass is 35.5. The normalized spacial score (nSPS) is 20.9. The highest BCUT2D eigenvalue weighted by Crippen LogP contribution is 2.47. The van der Waals surface area contributed by atoms with Gasteiger partial charge < -0.3 is 10.8 Å². The van der Waals surface area contributed by atoms with Crippen LogP contribution in [0, 0.1) is 5.41 Å². The Labute approximate surface area is 131 Å². The fourth-order valence-corrected chi connectivity index (χ4v) is 3.86. The Hall–Kier alpha value is -0.280. The highest BCUT2D eigenvalue weighted by Gasteiger charge is 2.42. The number of halogens is 2. The van der Waals surface area contributed by atoms with E-state index in [2.05, 4.69) is 6.92 Å². The van der Waals surface area contributed by atoms with E-state index in [9.17, 15) is 5.11 Å². The number of nitrogens with two attached hydrogens (primary N) is 1. The lowest BCUT2D eigenvalue weighted by Gasteiger charge is -2.38. The van der Waals surface area contributed by atoms with Gasteiger partial charge in [-0.1, -0.05) is 49.0 Å². The monoisotopic (exact) mass is 315 g/mol. The summed E-state index contributed by atoms with van der Waals surface area (Å²) in [5.41, 5.74) is 6.93. The molecule has 0 amide bonds. The van der Waals surface area contributed by atoms with Crippen LogP contribution in [0.3, 0.4) is 0 Å². The van der Waals surface area contributed by atoms with Crippen LogP contribution in [0.2, 0.25) is 10.0 Å². The van der Waals surface area contributed by atoms with Crippen LogP contribution in [-0.2, 0) is 0 Å². The lowest BCUT2D eigenvalue weighted by molar-refractivity contribution is 0.00601. The Morgan fingerprint density at radius 3 is 2.40 bits per heavy atom. The van der Waals surface area contributed by atoms with Crippen LogP contribution in [-0.4, -0.2) is 17.8 Å². The van der Waals surface area contributed by atoms with Crippen molar-refractivity contribution in [2.75, 3.05) is 6.54 Å². The predicted octanol–water partition coefficient (Wildman–Crippen LogP) is 4.37. The molecule has 0 heterocycles. The lowest BCUT2D eigenvalue weighted by atomic mass is 9.71. The standard InChI is InChI=1S/C16H23Cl2NO/c1-2-16(7-3-4-8-16)15(20)12(10-19)11-5-6-13(17)14(18)9-11/h5-6,9,12,15,20H,2-4,7-8,10,19H2,1H3. The molecule has 20 heavy (non-hydrogen) atoms. The van der Waals surface area contributed by atoms with Crippen LogP contribution in [0.4, 0.5) is 0 Å². The van der Waals surface area contributed by atoms with Crippen molar-refractivity contribution < 1.29 is 5.11 Å². The molecule has 1 aromatic rings. The second-order valence-corrected chi connectivity index (χ2v) is 6.70. The molecule has 2 rings (SSSR count). The molecule has 0 saturated heterocycles. The number of aliphatic hydroxyl groups excluding tert-OH is 1. The molecule has 2 atom stereocenters. The minimum atomic E-state index is -0.419. The van der Waals surface area contributed by atoms with Gasteiger partial charge in [-0.3, -0.25) is 0 Å². The van der Waals surface area contributed by atoms with E-state index >= 15 is 0 Å². The van der Waals surface area contributed by atoms with E-state index in [-0.39, 0.29) is 11.3 Å². The van der Waals surface area contributed by atoms with Gasteiger partial charge in [-0.25, -0.2) is 0 Å². The van der Waals surface area contributed by atoms with E-state index in [1.165, 1.54) is 12.8 Å². The van der Waals surface area contributed by atoms with Crippen molar-refractivity contribution in [3.05, 3.63) is 33.8 Å². The zero-order chi connectivity index (χ0) is 14.8.